The maximum atomic E-state index is 5.30. The third-order valence-electron chi connectivity index (χ3n) is 2.61. The van der Waals surface area contributed by atoms with Crippen molar-refractivity contribution in [2.75, 3.05) is 7.11 Å². The highest BCUT2D eigenvalue weighted by Crippen LogP contribution is 2.30. The molecule has 1 rings (SSSR count). The minimum Gasteiger partial charge on any atom is -0.497 e. The topological polar surface area (TPSA) is 21.3 Å². The number of benzene rings is 1. The molecule has 0 bridgehead atoms. The lowest BCUT2D eigenvalue weighted by molar-refractivity contribution is 0.411. The van der Waals surface area contributed by atoms with E-state index in [0.717, 1.165) is 5.75 Å². The predicted molar refractivity (Wildman–Crippen MR) is 81.1 cm³/mol. The second-order valence-corrected chi connectivity index (χ2v) is 7.50. The molecule has 3 heteroatoms. The predicted octanol–water partition coefficient (Wildman–Crippen LogP) is 4.43. The third-order valence-corrected chi connectivity index (χ3v) is 3.60. The van der Waals surface area contributed by atoms with Crippen molar-refractivity contribution in [3.05, 3.63) is 29.8 Å². The molecule has 0 heterocycles. The van der Waals surface area contributed by atoms with Crippen molar-refractivity contribution in [1.29, 1.82) is 0 Å². The quantitative estimate of drug-likeness (QED) is 0.798. The van der Waals surface area contributed by atoms with Crippen molar-refractivity contribution in [3.63, 3.8) is 0 Å². The molecule has 0 unspecified atom stereocenters. The second-order valence-electron chi connectivity index (χ2n) is 5.83. The van der Waals surface area contributed by atoms with Crippen LogP contribution >= 0.6 is 11.9 Å². The fourth-order valence-electron chi connectivity index (χ4n) is 1.66. The Balaban J connectivity index is 2.83. The minimum absolute atomic E-state index is 0.214. The Morgan fingerprint density at radius 1 is 1.22 bits per heavy atom. The van der Waals surface area contributed by atoms with Crippen LogP contribution in [0.5, 0.6) is 5.75 Å². The monoisotopic (exact) mass is 267 g/mol. The van der Waals surface area contributed by atoms with Crippen LogP contribution in [0, 0.1) is 5.92 Å². The lowest BCUT2D eigenvalue weighted by Crippen LogP contribution is -2.25. The number of rotatable bonds is 5. The molecule has 0 amide bonds. The zero-order valence-electron chi connectivity index (χ0n) is 12.3. The van der Waals surface area contributed by atoms with Crippen LogP contribution in [0.3, 0.4) is 0 Å². The van der Waals surface area contributed by atoms with Gasteiger partial charge in [0.25, 0.3) is 0 Å². The standard InChI is InChI=1S/C15H25NOS/c1-11(2)14(16-18-15(3,4)5)12-8-7-9-13(10-12)17-6/h7-11,14,16H,1-6H3/t14-/m1/s1. The minimum atomic E-state index is 0.214. The van der Waals surface area contributed by atoms with Gasteiger partial charge in [-0.15, -0.1) is 0 Å². The van der Waals surface area contributed by atoms with Crippen LogP contribution < -0.4 is 9.46 Å². The SMILES string of the molecule is COc1cccc([C@H](NSC(C)(C)C)C(C)C)c1. The summed E-state index contributed by atoms with van der Waals surface area (Å²) in [6.07, 6.45) is 0. The first-order valence-electron chi connectivity index (χ1n) is 6.41. The number of methoxy groups -OCH3 is 1. The molecule has 1 atom stereocenters. The molecule has 0 aliphatic heterocycles. The van der Waals surface area contributed by atoms with Crippen LogP contribution in [0.15, 0.2) is 24.3 Å². The lowest BCUT2D eigenvalue weighted by Gasteiger charge is -2.27. The molecule has 0 aromatic heterocycles. The molecule has 0 aliphatic carbocycles. The molecule has 102 valence electrons. The molecule has 0 radical (unpaired) electrons. The van der Waals surface area contributed by atoms with E-state index in [0.29, 0.717) is 12.0 Å². The zero-order chi connectivity index (χ0) is 13.8. The van der Waals surface area contributed by atoms with Crippen molar-refractivity contribution in [1.82, 2.24) is 4.72 Å². The van der Waals surface area contributed by atoms with E-state index in [4.69, 9.17) is 4.74 Å². The first-order valence-corrected chi connectivity index (χ1v) is 7.22. The summed E-state index contributed by atoms with van der Waals surface area (Å²) in [5.41, 5.74) is 1.28. The molecule has 0 saturated carbocycles. The van der Waals surface area contributed by atoms with Crippen molar-refractivity contribution >= 4 is 11.9 Å². The summed E-state index contributed by atoms with van der Waals surface area (Å²) in [5, 5.41) is 0. The van der Waals surface area contributed by atoms with Gasteiger partial charge in [0.1, 0.15) is 5.75 Å². The highest BCUT2D eigenvalue weighted by atomic mass is 32.2. The average Bonchev–Trinajstić information content (AvgIpc) is 2.27. The molecular formula is C15H25NOS. The van der Waals surface area contributed by atoms with Crippen molar-refractivity contribution in [2.45, 2.75) is 45.4 Å². The molecule has 0 fully saturated rings. The van der Waals surface area contributed by atoms with Crippen LogP contribution in [0.2, 0.25) is 0 Å². The van der Waals surface area contributed by atoms with Gasteiger partial charge in [-0.05, 0) is 44.4 Å². The number of ether oxygens (including phenoxy) is 1. The summed E-state index contributed by atoms with van der Waals surface area (Å²) in [6.45, 7) is 11.1. The van der Waals surface area contributed by atoms with E-state index in [1.54, 1.807) is 19.1 Å². The first-order chi connectivity index (χ1) is 8.33. The molecule has 1 aromatic carbocycles. The van der Waals surface area contributed by atoms with Crippen LogP contribution in [-0.4, -0.2) is 11.9 Å². The third kappa shape index (κ3) is 4.91. The number of hydrogen-bond donors (Lipinski definition) is 1. The summed E-state index contributed by atoms with van der Waals surface area (Å²) in [4.78, 5) is 0. The fraction of sp³-hybridized carbons (Fsp3) is 0.600. The largest absolute Gasteiger partial charge is 0.497 e. The molecule has 2 nitrogen and oxygen atoms in total. The molecule has 18 heavy (non-hydrogen) atoms. The fourth-order valence-corrected chi connectivity index (χ4v) is 2.55. The van der Waals surface area contributed by atoms with Gasteiger partial charge in [0, 0.05) is 10.8 Å². The van der Waals surface area contributed by atoms with Gasteiger partial charge in [-0.25, -0.2) is 0 Å². The van der Waals surface area contributed by atoms with Crippen LogP contribution in [0.4, 0.5) is 0 Å². The highest BCUT2D eigenvalue weighted by Gasteiger charge is 2.19. The van der Waals surface area contributed by atoms with Crippen LogP contribution in [0.1, 0.15) is 46.2 Å². The number of hydrogen-bond acceptors (Lipinski definition) is 3. The summed E-state index contributed by atoms with van der Waals surface area (Å²) in [7, 11) is 1.71. The van der Waals surface area contributed by atoms with Gasteiger partial charge in [-0.1, -0.05) is 37.9 Å². The van der Waals surface area contributed by atoms with Gasteiger partial charge in [-0.2, -0.15) is 0 Å². The Bertz CT molecular complexity index is 371. The van der Waals surface area contributed by atoms with Gasteiger partial charge >= 0.3 is 0 Å². The summed E-state index contributed by atoms with van der Waals surface area (Å²) in [5.74, 6) is 1.45. The molecule has 1 aromatic rings. The Morgan fingerprint density at radius 2 is 1.89 bits per heavy atom. The second kappa shape index (κ2) is 6.48. The van der Waals surface area contributed by atoms with E-state index in [1.165, 1.54) is 5.56 Å². The van der Waals surface area contributed by atoms with Crippen molar-refractivity contribution < 1.29 is 4.74 Å². The molecule has 1 N–H and O–H groups in total. The van der Waals surface area contributed by atoms with Gasteiger partial charge in [0.15, 0.2) is 0 Å². The number of nitrogens with one attached hydrogen (secondary N) is 1. The van der Waals surface area contributed by atoms with E-state index >= 15 is 0 Å². The lowest BCUT2D eigenvalue weighted by atomic mass is 9.97. The Kier molecular flexibility index (Phi) is 5.54. The van der Waals surface area contributed by atoms with E-state index in [-0.39, 0.29) is 4.75 Å². The van der Waals surface area contributed by atoms with Crippen LogP contribution in [-0.2, 0) is 0 Å². The molecule has 0 saturated heterocycles. The first kappa shape index (κ1) is 15.4. The van der Waals surface area contributed by atoms with Crippen LogP contribution in [0.25, 0.3) is 0 Å². The van der Waals surface area contributed by atoms with Crippen molar-refractivity contribution in [2.24, 2.45) is 5.92 Å². The highest BCUT2D eigenvalue weighted by molar-refractivity contribution is 7.98. The smallest absolute Gasteiger partial charge is 0.119 e. The van der Waals surface area contributed by atoms with E-state index in [2.05, 4.69) is 51.5 Å². The van der Waals surface area contributed by atoms with Crippen molar-refractivity contribution in [3.8, 4) is 5.75 Å². The molecular weight excluding hydrogens is 242 g/mol. The Hall–Kier alpha value is -0.670. The van der Waals surface area contributed by atoms with E-state index in [1.807, 2.05) is 12.1 Å². The zero-order valence-corrected chi connectivity index (χ0v) is 13.1. The summed E-state index contributed by atoms with van der Waals surface area (Å²) >= 11 is 1.79. The Morgan fingerprint density at radius 3 is 2.39 bits per heavy atom. The van der Waals surface area contributed by atoms with Gasteiger partial charge in [-0.3, -0.25) is 4.72 Å². The van der Waals surface area contributed by atoms with E-state index in [9.17, 15) is 0 Å². The van der Waals surface area contributed by atoms with Gasteiger partial charge in [0.05, 0.1) is 7.11 Å². The maximum Gasteiger partial charge on any atom is 0.119 e. The molecule has 0 aliphatic rings. The van der Waals surface area contributed by atoms with Gasteiger partial charge in [0.2, 0.25) is 0 Å². The summed E-state index contributed by atoms with van der Waals surface area (Å²) < 4.78 is 9.10. The van der Waals surface area contributed by atoms with E-state index < -0.39 is 0 Å². The maximum absolute atomic E-state index is 5.30. The normalized spacial score (nSPS) is 13.7. The Labute approximate surface area is 116 Å². The molecule has 0 spiro atoms. The van der Waals surface area contributed by atoms with Gasteiger partial charge < -0.3 is 4.74 Å². The average molecular weight is 267 g/mol. The summed E-state index contributed by atoms with van der Waals surface area (Å²) in [6, 6.07) is 8.64.